The van der Waals surface area contributed by atoms with Gasteiger partial charge in [0.05, 0.1) is 0 Å². The Balaban J connectivity index is 2.22. The minimum absolute atomic E-state index is 0.112. The van der Waals surface area contributed by atoms with Gasteiger partial charge in [-0.1, -0.05) is 0 Å². The first kappa shape index (κ1) is 10.3. The van der Waals surface area contributed by atoms with E-state index in [1.54, 1.807) is 0 Å². The van der Waals surface area contributed by atoms with Gasteiger partial charge in [-0.05, 0) is 13.3 Å². The van der Waals surface area contributed by atoms with Gasteiger partial charge in [-0.15, -0.1) is 0 Å². The highest BCUT2D eigenvalue weighted by molar-refractivity contribution is 5.39. The highest BCUT2D eigenvalue weighted by Gasteiger charge is 2.32. The van der Waals surface area contributed by atoms with Crippen LogP contribution in [0.4, 0.5) is 10.2 Å². The average molecular weight is 211 g/mol. The van der Waals surface area contributed by atoms with Crippen LogP contribution in [-0.4, -0.2) is 34.3 Å². The van der Waals surface area contributed by atoms with Crippen LogP contribution in [0.5, 0.6) is 0 Å². The minimum Gasteiger partial charge on any atom is -0.396 e. The molecular weight excluding hydrogens is 197 g/mol. The van der Waals surface area contributed by atoms with E-state index in [0.717, 1.165) is 13.0 Å². The molecule has 0 amide bonds. The van der Waals surface area contributed by atoms with Crippen molar-refractivity contribution in [3.05, 3.63) is 18.3 Å². The zero-order valence-electron chi connectivity index (χ0n) is 8.60. The highest BCUT2D eigenvalue weighted by Crippen LogP contribution is 2.28. The lowest BCUT2D eigenvalue weighted by molar-refractivity contribution is 0.221. The van der Waals surface area contributed by atoms with Crippen molar-refractivity contribution in [3.8, 4) is 0 Å². The molecule has 4 nitrogen and oxygen atoms in total. The second-order valence-electron chi connectivity index (χ2n) is 3.84. The number of hydrogen-bond donors (Lipinski definition) is 1. The first-order chi connectivity index (χ1) is 7.24. The van der Waals surface area contributed by atoms with Crippen molar-refractivity contribution in [2.45, 2.75) is 19.4 Å². The van der Waals surface area contributed by atoms with E-state index in [2.05, 4.69) is 9.97 Å². The van der Waals surface area contributed by atoms with E-state index in [1.807, 2.05) is 11.8 Å². The van der Waals surface area contributed by atoms with Gasteiger partial charge in [0, 0.05) is 37.5 Å². The molecule has 0 saturated carbocycles. The quantitative estimate of drug-likeness (QED) is 0.787. The molecular formula is C10H14FN3O. The topological polar surface area (TPSA) is 49.2 Å². The summed E-state index contributed by atoms with van der Waals surface area (Å²) in [7, 11) is 0. The molecule has 0 aromatic carbocycles. The van der Waals surface area contributed by atoms with Crippen LogP contribution >= 0.6 is 0 Å². The number of aliphatic hydroxyl groups is 1. The smallest absolute Gasteiger partial charge is 0.255 e. The standard InChI is InChI=1S/C10H14FN3O/c1-7-8(6-15)2-5-14(7)10-9(11)12-3-4-13-10/h3-4,7-8,15H,2,5-6H2,1H3. The van der Waals surface area contributed by atoms with Crippen LogP contribution in [0.1, 0.15) is 13.3 Å². The third-order valence-electron chi connectivity index (χ3n) is 3.06. The van der Waals surface area contributed by atoms with Gasteiger partial charge in [-0.25, -0.2) is 9.97 Å². The van der Waals surface area contributed by atoms with Gasteiger partial charge >= 0.3 is 0 Å². The van der Waals surface area contributed by atoms with Crippen LogP contribution in [0.25, 0.3) is 0 Å². The van der Waals surface area contributed by atoms with Crippen molar-refractivity contribution in [2.75, 3.05) is 18.1 Å². The maximum atomic E-state index is 13.4. The fourth-order valence-electron chi connectivity index (χ4n) is 2.05. The normalized spacial score (nSPS) is 25.9. The Morgan fingerprint density at radius 2 is 2.27 bits per heavy atom. The van der Waals surface area contributed by atoms with E-state index in [1.165, 1.54) is 12.4 Å². The van der Waals surface area contributed by atoms with Gasteiger partial charge in [0.15, 0.2) is 5.82 Å². The van der Waals surface area contributed by atoms with E-state index in [4.69, 9.17) is 5.11 Å². The predicted octanol–water partition coefficient (Wildman–Crippen LogP) is 0.823. The van der Waals surface area contributed by atoms with E-state index >= 15 is 0 Å². The van der Waals surface area contributed by atoms with E-state index < -0.39 is 5.95 Å². The summed E-state index contributed by atoms with van der Waals surface area (Å²) in [5.74, 6) is -0.0460. The fourth-order valence-corrected chi connectivity index (χ4v) is 2.05. The van der Waals surface area contributed by atoms with Crippen LogP contribution in [-0.2, 0) is 0 Å². The Labute approximate surface area is 87.8 Å². The lowest BCUT2D eigenvalue weighted by Crippen LogP contribution is -2.32. The Bertz CT molecular complexity index is 347. The summed E-state index contributed by atoms with van der Waals surface area (Å²) in [5, 5.41) is 9.11. The monoisotopic (exact) mass is 211 g/mol. The van der Waals surface area contributed by atoms with Crippen LogP contribution in [0.2, 0.25) is 0 Å². The Morgan fingerprint density at radius 3 is 2.87 bits per heavy atom. The minimum atomic E-state index is -0.539. The van der Waals surface area contributed by atoms with Crippen molar-refractivity contribution >= 4 is 5.82 Å². The summed E-state index contributed by atoms with van der Waals surface area (Å²) < 4.78 is 13.4. The number of halogens is 1. The molecule has 1 N–H and O–H groups in total. The number of aromatic nitrogens is 2. The maximum Gasteiger partial charge on any atom is 0.255 e. The van der Waals surface area contributed by atoms with Gasteiger partial charge in [0.25, 0.3) is 5.95 Å². The van der Waals surface area contributed by atoms with Gasteiger partial charge in [0.2, 0.25) is 0 Å². The molecule has 1 aliphatic heterocycles. The summed E-state index contributed by atoms with van der Waals surface area (Å²) in [6, 6.07) is 0.112. The lowest BCUT2D eigenvalue weighted by Gasteiger charge is -2.24. The van der Waals surface area contributed by atoms with Crippen LogP contribution in [0.3, 0.4) is 0 Å². The van der Waals surface area contributed by atoms with Gasteiger partial charge in [-0.3, -0.25) is 0 Å². The Kier molecular flexibility index (Phi) is 2.81. The summed E-state index contributed by atoms with van der Waals surface area (Å²) >= 11 is 0. The first-order valence-corrected chi connectivity index (χ1v) is 5.08. The molecule has 1 saturated heterocycles. The van der Waals surface area contributed by atoms with Crippen LogP contribution in [0.15, 0.2) is 12.4 Å². The molecule has 2 rings (SSSR count). The van der Waals surface area contributed by atoms with Crippen molar-refractivity contribution < 1.29 is 9.50 Å². The zero-order chi connectivity index (χ0) is 10.8. The Morgan fingerprint density at radius 1 is 1.53 bits per heavy atom. The molecule has 1 aromatic rings. The fraction of sp³-hybridized carbons (Fsp3) is 0.600. The number of anilines is 1. The maximum absolute atomic E-state index is 13.4. The van der Waals surface area contributed by atoms with Crippen LogP contribution in [0, 0.1) is 11.9 Å². The summed E-state index contributed by atoms with van der Waals surface area (Å²) in [6.45, 7) is 2.84. The van der Waals surface area contributed by atoms with E-state index in [0.29, 0.717) is 5.82 Å². The molecule has 2 atom stereocenters. The van der Waals surface area contributed by atoms with Crippen molar-refractivity contribution in [3.63, 3.8) is 0 Å². The third-order valence-corrected chi connectivity index (χ3v) is 3.06. The highest BCUT2D eigenvalue weighted by atomic mass is 19.1. The molecule has 15 heavy (non-hydrogen) atoms. The summed E-state index contributed by atoms with van der Waals surface area (Å²) in [5.41, 5.74) is 0. The van der Waals surface area contributed by atoms with Crippen molar-refractivity contribution in [1.29, 1.82) is 0 Å². The molecule has 2 unspecified atom stereocenters. The molecule has 1 aromatic heterocycles. The number of hydrogen-bond acceptors (Lipinski definition) is 4. The molecule has 0 radical (unpaired) electrons. The van der Waals surface area contributed by atoms with Crippen molar-refractivity contribution in [2.24, 2.45) is 5.92 Å². The zero-order valence-corrected chi connectivity index (χ0v) is 8.60. The molecule has 0 spiro atoms. The first-order valence-electron chi connectivity index (χ1n) is 5.08. The molecule has 1 aliphatic rings. The summed E-state index contributed by atoms with van der Waals surface area (Å²) in [6.07, 6.45) is 3.69. The molecule has 2 heterocycles. The van der Waals surface area contributed by atoms with Gasteiger partial charge < -0.3 is 10.0 Å². The van der Waals surface area contributed by atoms with Gasteiger partial charge in [-0.2, -0.15) is 4.39 Å². The molecule has 5 heteroatoms. The molecule has 82 valence electrons. The number of nitrogens with zero attached hydrogens (tertiary/aromatic N) is 3. The largest absolute Gasteiger partial charge is 0.396 e. The lowest BCUT2D eigenvalue weighted by atomic mass is 10.0. The summed E-state index contributed by atoms with van der Waals surface area (Å²) in [4.78, 5) is 9.43. The molecule has 1 fully saturated rings. The number of rotatable bonds is 2. The second kappa shape index (κ2) is 4.10. The van der Waals surface area contributed by atoms with Gasteiger partial charge in [0.1, 0.15) is 0 Å². The SMILES string of the molecule is CC1C(CO)CCN1c1nccnc1F. The van der Waals surface area contributed by atoms with Crippen LogP contribution < -0.4 is 4.90 Å². The Hall–Kier alpha value is -1.23. The third kappa shape index (κ3) is 1.79. The predicted molar refractivity (Wildman–Crippen MR) is 54.0 cm³/mol. The van der Waals surface area contributed by atoms with E-state index in [-0.39, 0.29) is 18.6 Å². The second-order valence-corrected chi connectivity index (χ2v) is 3.84. The average Bonchev–Trinajstić information content (AvgIpc) is 2.60. The molecule has 0 bridgehead atoms. The van der Waals surface area contributed by atoms with Crippen molar-refractivity contribution in [1.82, 2.24) is 9.97 Å². The molecule has 0 aliphatic carbocycles. The van der Waals surface area contributed by atoms with E-state index in [9.17, 15) is 4.39 Å². The number of aliphatic hydroxyl groups excluding tert-OH is 1.